The van der Waals surface area contributed by atoms with Crippen LogP contribution in [0.5, 0.6) is 0 Å². The summed E-state index contributed by atoms with van der Waals surface area (Å²) in [5, 5.41) is 7.23. The van der Waals surface area contributed by atoms with E-state index in [-0.39, 0.29) is 5.78 Å². The number of carbonyl (C=O) groups is 1. The fourth-order valence-corrected chi connectivity index (χ4v) is 3.53. The van der Waals surface area contributed by atoms with Gasteiger partial charge >= 0.3 is 0 Å². The van der Waals surface area contributed by atoms with Gasteiger partial charge in [0.1, 0.15) is 0 Å². The van der Waals surface area contributed by atoms with E-state index in [9.17, 15) is 4.79 Å². The van der Waals surface area contributed by atoms with Crippen molar-refractivity contribution in [2.24, 2.45) is 5.92 Å². The highest BCUT2D eigenvalue weighted by Gasteiger charge is 2.33. The van der Waals surface area contributed by atoms with Crippen molar-refractivity contribution in [3.63, 3.8) is 0 Å². The molecule has 3 unspecified atom stereocenters. The fourth-order valence-electron chi connectivity index (χ4n) is 3.25. The van der Waals surface area contributed by atoms with E-state index in [0.717, 1.165) is 31.0 Å². The Balaban J connectivity index is 1.50. The highest BCUT2D eigenvalue weighted by atomic mass is 32.1. The summed E-state index contributed by atoms with van der Waals surface area (Å²) in [6, 6.07) is 8.34. The van der Waals surface area contributed by atoms with Gasteiger partial charge in [-0.05, 0) is 68.6 Å². The lowest BCUT2D eigenvalue weighted by Crippen LogP contribution is -2.46. The molecule has 0 spiro atoms. The molecule has 1 saturated heterocycles. The Kier molecular flexibility index (Phi) is 4.71. The first-order valence-corrected chi connectivity index (χ1v) is 8.19. The number of carbonyl (C=O) groups excluding carboxylic acids is 1. The maximum atomic E-state index is 11.3. The molecule has 6 heteroatoms. The van der Waals surface area contributed by atoms with Crippen LogP contribution in [0.4, 0.5) is 5.69 Å². The van der Waals surface area contributed by atoms with Crippen LogP contribution >= 0.6 is 12.2 Å². The van der Waals surface area contributed by atoms with Crippen molar-refractivity contribution in [1.29, 1.82) is 0 Å². The first kappa shape index (κ1) is 15.4. The van der Waals surface area contributed by atoms with E-state index in [1.807, 2.05) is 24.3 Å². The molecule has 1 aromatic carbocycles. The maximum Gasteiger partial charge on any atom is 0.170 e. The predicted octanol–water partition coefficient (Wildman–Crippen LogP) is 1.82. The predicted molar refractivity (Wildman–Crippen MR) is 91.9 cm³/mol. The summed E-state index contributed by atoms with van der Waals surface area (Å²) in [6.45, 7) is 2.64. The van der Waals surface area contributed by atoms with Gasteiger partial charge in [-0.3, -0.25) is 15.6 Å². The van der Waals surface area contributed by atoms with Crippen molar-refractivity contribution in [3.8, 4) is 0 Å². The second kappa shape index (κ2) is 6.73. The summed E-state index contributed by atoms with van der Waals surface area (Å²) in [7, 11) is 0. The molecule has 0 radical (unpaired) electrons. The highest BCUT2D eigenvalue weighted by Crippen LogP contribution is 2.26. The molecule has 1 aromatic rings. The SMILES string of the molecule is CC(=O)c1ccc(NC(=S)NC2CCC3CNNC3C2)cc1. The number of rotatable bonds is 3. The van der Waals surface area contributed by atoms with Crippen LogP contribution in [0.2, 0.25) is 0 Å². The number of ketones is 1. The molecule has 0 amide bonds. The van der Waals surface area contributed by atoms with Crippen molar-refractivity contribution in [2.75, 3.05) is 11.9 Å². The van der Waals surface area contributed by atoms with Gasteiger partial charge in [-0.25, -0.2) is 0 Å². The summed E-state index contributed by atoms with van der Waals surface area (Å²) >= 11 is 5.40. The standard InChI is InChI=1S/C16H22N4OS/c1-10(21)11-2-5-13(6-3-11)18-16(22)19-14-7-4-12-9-17-20-15(12)8-14/h2-3,5-6,12,14-15,17,20H,4,7-9H2,1H3,(H2,18,19,22). The van der Waals surface area contributed by atoms with E-state index in [1.54, 1.807) is 6.92 Å². The van der Waals surface area contributed by atoms with Gasteiger partial charge in [0.05, 0.1) is 0 Å². The van der Waals surface area contributed by atoms with Gasteiger partial charge in [-0.15, -0.1) is 0 Å². The molecule has 0 bridgehead atoms. The molecule has 4 N–H and O–H groups in total. The number of benzene rings is 1. The molecule has 1 saturated carbocycles. The molecular formula is C16H22N4OS. The minimum atomic E-state index is 0.0710. The van der Waals surface area contributed by atoms with Crippen molar-refractivity contribution in [2.45, 2.75) is 38.3 Å². The average Bonchev–Trinajstić information content (AvgIpc) is 2.95. The quantitative estimate of drug-likeness (QED) is 0.504. The third kappa shape index (κ3) is 3.63. The summed E-state index contributed by atoms with van der Waals surface area (Å²) in [6.07, 6.45) is 3.45. The smallest absolute Gasteiger partial charge is 0.170 e. The molecule has 3 atom stereocenters. The van der Waals surface area contributed by atoms with Crippen LogP contribution in [0, 0.1) is 5.92 Å². The van der Waals surface area contributed by atoms with Gasteiger partial charge < -0.3 is 10.6 Å². The van der Waals surface area contributed by atoms with Crippen LogP contribution in [0.3, 0.4) is 0 Å². The number of hydrogen-bond donors (Lipinski definition) is 4. The lowest BCUT2D eigenvalue weighted by molar-refractivity contribution is 0.101. The zero-order valence-corrected chi connectivity index (χ0v) is 13.5. The largest absolute Gasteiger partial charge is 0.360 e. The zero-order chi connectivity index (χ0) is 15.5. The number of hydrogen-bond acceptors (Lipinski definition) is 4. The van der Waals surface area contributed by atoms with E-state index >= 15 is 0 Å². The van der Waals surface area contributed by atoms with Crippen LogP contribution in [0.25, 0.3) is 0 Å². The van der Waals surface area contributed by atoms with Gasteiger partial charge in [-0.2, -0.15) is 0 Å². The number of thiocarbonyl (C=S) groups is 1. The molecule has 1 aliphatic carbocycles. The van der Waals surface area contributed by atoms with Crippen LogP contribution in [-0.4, -0.2) is 29.5 Å². The first-order chi connectivity index (χ1) is 10.6. The Morgan fingerprint density at radius 3 is 2.77 bits per heavy atom. The van der Waals surface area contributed by atoms with Crippen molar-refractivity contribution < 1.29 is 4.79 Å². The Morgan fingerprint density at radius 1 is 1.27 bits per heavy atom. The van der Waals surface area contributed by atoms with E-state index < -0.39 is 0 Å². The Hall–Kier alpha value is -1.50. The summed E-state index contributed by atoms with van der Waals surface area (Å²) in [5.41, 5.74) is 8.19. The lowest BCUT2D eigenvalue weighted by Gasteiger charge is -2.32. The highest BCUT2D eigenvalue weighted by molar-refractivity contribution is 7.80. The van der Waals surface area contributed by atoms with Crippen LogP contribution in [0.15, 0.2) is 24.3 Å². The number of fused-ring (bicyclic) bond motifs is 1. The molecule has 2 fully saturated rings. The second-order valence-electron chi connectivity index (χ2n) is 6.13. The average molecular weight is 318 g/mol. The number of nitrogens with one attached hydrogen (secondary N) is 4. The first-order valence-electron chi connectivity index (χ1n) is 7.79. The summed E-state index contributed by atoms with van der Waals surface area (Å²) < 4.78 is 0. The monoisotopic (exact) mass is 318 g/mol. The number of hydrazine groups is 1. The molecule has 0 aromatic heterocycles. The van der Waals surface area contributed by atoms with Gasteiger partial charge in [-0.1, -0.05) is 0 Å². The van der Waals surface area contributed by atoms with E-state index in [0.29, 0.717) is 22.8 Å². The number of anilines is 1. The topological polar surface area (TPSA) is 65.2 Å². The Morgan fingerprint density at radius 2 is 2.05 bits per heavy atom. The third-order valence-corrected chi connectivity index (χ3v) is 4.75. The van der Waals surface area contributed by atoms with Crippen LogP contribution in [0.1, 0.15) is 36.5 Å². The molecule has 2 aliphatic rings. The van der Waals surface area contributed by atoms with Crippen LogP contribution in [-0.2, 0) is 0 Å². The van der Waals surface area contributed by atoms with E-state index in [1.165, 1.54) is 6.42 Å². The van der Waals surface area contributed by atoms with Gasteiger partial charge in [0.15, 0.2) is 10.9 Å². The minimum absolute atomic E-state index is 0.0710. The Labute approximate surface area is 136 Å². The molecule has 1 aliphatic heterocycles. The Bertz CT molecular complexity index is 560. The van der Waals surface area contributed by atoms with Crippen molar-refractivity contribution >= 4 is 28.8 Å². The summed E-state index contributed by atoms with van der Waals surface area (Å²) in [4.78, 5) is 11.3. The maximum absolute atomic E-state index is 11.3. The lowest BCUT2D eigenvalue weighted by atomic mass is 9.83. The number of Topliss-reactive ketones (excluding diaryl/α,β-unsaturated/α-hetero) is 1. The minimum Gasteiger partial charge on any atom is -0.360 e. The van der Waals surface area contributed by atoms with Crippen molar-refractivity contribution in [3.05, 3.63) is 29.8 Å². The summed E-state index contributed by atoms with van der Waals surface area (Å²) in [5.74, 6) is 0.820. The third-order valence-electron chi connectivity index (χ3n) is 4.53. The second-order valence-corrected chi connectivity index (χ2v) is 6.54. The van der Waals surface area contributed by atoms with E-state index in [2.05, 4.69) is 21.5 Å². The molecule has 3 rings (SSSR count). The normalized spacial score (nSPS) is 27.0. The van der Waals surface area contributed by atoms with Gasteiger partial charge in [0.2, 0.25) is 0 Å². The molecule has 1 heterocycles. The molecule has 118 valence electrons. The molecule has 22 heavy (non-hydrogen) atoms. The molecule has 5 nitrogen and oxygen atoms in total. The van der Waals surface area contributed by atoms with Gasteiger partial charge in [0.25, 0.3) is 0 Å². The van der Waals surface area contributed by atoms with E-state index in [4.69, 9.17) is 12.2 Å². The fraction of sp³-hybridized carbons (Fsp3) is 0.500. The van der Waals surface area contributed by atoms with Crippen LogP contribution < -0.4 is 21.5 Å². The zero-order valence-electron chi connectivity index (χ0n) is 12.7. The van der Waals surface area contributed by atoms with Gasteiger partial charge in [0, 0.05) is 29.9 Å². The van der Waals surface area contributed by atoms with Crippen molar-refractivity contribution in [1.82, 2.24) is 16.2 Å². The molecular weight excluding hydrogens is 296 g/mol.